The molecule has 3 aromatic rings. The minimum atomic E-state index is -2.20. The van der Waals surface area contributed by atoms with Crippen LogP contribution in [-0.2, 0) is 14.3 Å². The molecule has 2 fully saturated rings. The summed E-state index contributed by atoms with van der Waals surface area (Å²) in [4.78, 5) is 55.8. The number of fused-ring (bicyclic) bond motifs is 3. The van der Waals surface area contributed by atoms with Crippen molar-refractivity contribution in [1.29, 1.82) is 0 Å². The number of ketones is 2. The van der Waals surface area contributed by atoms with Crippen LogP contribution in [0.5, 0.6) is 0 Å². The van der Waals surface area contributed by atoms with Gasteiger partial charge < -0.3 is 4.74 Å². The summed E-state index contributed by atoms with van der Waals surface area (Å²) >= 11 is 12.1. The van der Waals surface area contributed by atoms with Gasteiger partial charge in [-0.2, -0.15) is 0 Å². The van der Waals surface area contributed by atoms with Crippen molar-refractivity contribution in [3.8, 4) is 0 Å². The molecule has 0 aromatic heterocycles. The minimum absolute atomic E-state index is 0.128. The molecule has 0 bridgehead atoms. The van der Waals surface area contributed by atoms with Crippen molar-refractivity contribution in [1.82, 2.24) is 0 Å². The number of halogens is 3. The zero-order valence-electron chi connectivity index (χ0n) is 17.7. The lowest BCUT2D eigenvalue weighted by Crippen LogP contribution is -2.51. The first-order chi connectivity index (χ1) is 16.8. The van der Waals surface area contributed by atoms with E-state index in [0.717, 1.165) is 4.90 Å². The van der Waals surface area contributed by atoms with Gasteiger partial charge in [0.15, 0.2) is 0 Å². The van der Waals surface area contributed by atoms with Gasteiger partial charge in [0.25, 0.3) is 0 Å². The van der Waals surface area contributed by atoms with Crippen molar-refractivity contribution in [2.75, 3.05) is 4.90 Å². The fourth-order valence-electron chi connectivity index (χ4n) is 5.35. The summed E-state index contributed by atoms with van der Waals surface area (Å²) in [5.74, 6) is -5.86. The van der Waals surface area contributed by atoms with Crippen LogP contribution in [0.15, 0.2) is 66.7 Å². The van der Waals surface area contributed by atoms with E-state index in [1.54, 1.807) is 12.1 Å². The Morgan fingerprint density at radius 1 is 0.800 bits per heavy atom. The van der Waals surface area contributed by atoms with Crippen molar-refractivity contribution < 1.29 is 28.3 Å². The summed E-state index contributed by atoms with van der Waals surface area (Å²) < 4.78 is 19.8. The van der Waals surface area contributed by atoms with Gasteiger partial charge >= 0.3 is 0 Å². The van der Waals surface area contributed by atoms with Crippen LogP contribution < -0.4 is 4.90 Å². The maximum Gasteiger partial charge on any atom is 0.241 e. The van der Waals surface area contributed by atoms with Crippen molar-refractivity contribution >= 4 is 52.3 Å². The molecule has 0 radical (unpaired) electrons. The average Bonchev–Trinajstić information content (AvgIpc) is 3.41. The molecule has 3 aromatic carbocycles. The molecular formula is C26H14Cl2FNO5. The lowest BCUT2D eigenvalue weighted by molar-refractivity contribution is -0.127. The van der Waals surface area contributed by atoms with E-state index in [2.05, 4.69) is 0 Å². The van der Waals surface area contributed by atoms with E-state index in [9.17, 15) is 23.6 Å². The third-order valence-corrected chi connectivity index (χ3v) is 7.62. The molecule has 6 nitrogen and oxygen atoms in total. The molecule has 6 rings (SSSR count). The second kappa shape index (κ2) is 7.55. The van der Waals surface area contributed by atoms with E-state index in [1.807, 2.05) is 0 Å². The van der Waals surface area contributed by atoms with Gasteiger partial charge in [0, 0.05) is 11.1 Å². The van der Waals surface area contributed by atoms with Gasteiger partial charge in [-0.15, -0.1) is 0 Å². The van der Waals surface area contributed by atoms with Gasteiger partial charge in [0.05, 0.1) is 33.7 Å². The first-order valence-electron chi connectivity index (χ1n) is 10.7. The molecule has 1 spiro atoms. The first kappa shape index (κ1) is 22.1. The highest BCUT2D eigenvalue weighted by atomic mass is 35.5. The van der Waals surface area contributed by atoms with E-state index in [0.29, 0.717) is 5.56 Å². The number of nitrogens with zero attached hydrogens (tertiary/aromatic N) is 1. The zero-order valence-corrected chi connectivity index (χ0v) is 19.2. The molecular weight excluding hydrogens is 496 g/mol. The van der Waals surface area contributed by atoms with Crippen LogP contribution in [0.25, 0.3) is 0 Å². The van der Waals surface area contributed by atoms with Crippen LogP contribution in [0, 0.1) is 17.7 Å². The maximum atomic E-state index is 13.8. The van der Waals surface area contributed by atoms with Gasteiger partial charge in [-0.3, -0.25) is 19.2 Å². The van der Waals surface area contributed by atoms with Crippen LogP contribution in [0.3, 0.4) is 0 Å². The summed E-state index contributed by atoms with van der Waals surface area (Å²) in [6.07, 6.45) is -1.13. The number of ether oxygens (including phenoxy) is 1. The first-order valence-corrected chi connectivity index (χ1v) is 11.5. The second-order valence-corrected chi connectivity index (χ2v) is 9.46. The fourth-order valence-corrected chi connectivity index (χ4v) is 5.64. The van der Waals surface area contributed by atoms with Gasteiger partial charge in [-0.1, -0.05) is 59.6 Å². The number of Topliss-reactive ketones (excluding diaryl/α,β-unsaturated/α-hetero) is 2. The topological polar surface area (TPSA) is 80.8 Å². The van der Waals surface area contributed by atoms with Crippen LogP contribution in [0.4, 0.5) is 10.1 Å². The number of rotatable bonds is 2. The second-order valence-electron chi connectivity index (χ2n) is 8.64. The minimum Gasteiger partial charge on any atom is -0.349 e. The average molecular weight is 510 g/mol. The van der Waals surface area contributed by atoms with Gasteiger partial charge in [0.1, 0.15) is 5.82 Å². The Labute approximate surface area is 208 Å². The van der Waals surface area contributed by atoms with E-state index in [-0.39, 0.29) is 26.9 Å². The summed E-state index contributed by atoms with van der Waals surface area (Å²) in [5, 5.41) is 0.360. The molecule has 35 heavy (non-hydrogen) atoms. The molecule has 0 unspecified atom stereocenters. The predicted octanol–water partition coefficient (Wildman–Crippen LogP) is 4.83. The lowest BCUT2D eigenvalue weighted by Gasteiger charge is -2.27. The Morgan fingerprint density at radius 2 is 1.43 bits per heavy atom. The number of benzene rings is 3. The molecule has 0 saturated carbocycles. The number of hydrogen-bond acceptors (Lipinski definition) is 5. The lowest BCUT2D eigenvalue weighted by atomic mass is 9.77. The zero-order chi connectivity index (χ0) is 24.6. The highest BCUT2D eigenvalue weighted by molar-refractivity contribution is 6.42. The normalized spacial score (nSPS) is 24.4. The molecule has 2 saturated heterocycles. The highest BCUT2D eigenvalue weighted by Gasteiger charge is 2.74. The van der Waals surface area contributed by atoms with Crippen LogP contribution in [0.1, 0.15) is 32.4 Å². The van der Waals surface area contributed by atoms with Crippen molar-refractivity contribution in [2.24, 2.45) is 11.8 Å². The van der Waals surface area contributed by atoms with E-state index in [4.69, 9.17) is 27.9 Å². The Bertz CT molecular complexity index is 1440. The predicted molar refractivity (Wildman–Crippen MR) is 124 cm³/mol. The van der Waals surface area contributed by atoms with Crippen molar-refractivity contribution in [3.63, 3.8) is 0 Å². The Hall–Kier alpha value is -3.39. The van der Waals surface area contributed by atoms with Gasteiger partial charge in [0.2, 0.25) is 29.0 Å². The number of anilines is 1. The van der Waals surface area contributed by atoms with Crippen molar-refractivity contribution in [3.05, 3.63) is 99.3 Å². The molecule has 3 aliphatic rings. The monoisotopic (exact) mass is 509 g/mol. The largest absolute Gasteiger partial charge is 0.349 e. The van der Waals surface area contributed by atoms with E-state index >= 15 is 0 Å². The van der Waals surface area contributed by atoms with E-state index in [1.165, 1.54) is 54.6 Å². The quantitative estimate of drug-likeness (QED) is 0.365. The molecule has 2 amide bonds. The Morgan fingerprint density at radius 3 is 2.03 bits per heavy atom. The number of amides is 2. The fraction of sp³-hybridized carbons (Fsp3) is 0.154. The third kappa shape index (κ3) is 2.86. The highest BCUT2D eigenvalue weighted by Crippen LogP contribution is 2.57. The molecule has 3 atom stereocenters. The SMILES string of the molecule is O=C1[C@@H]2[C@H](c3ccc(F)cc3)OC3(C(=O)c4ccccc4C3=O)[C@H]2C(=O)N1c1ccc(Cl)c(Cl)c1. The molecule has 9 heteroatoms. The Kier molecular flexibility index (Phi) is 4.77. The van der Waals surface area contributed by atoms with Gasteiger partial charge in [-0.25, -0.2) is 9.29 Å². The molecule has 174 valence electrons. The Balaban J connectivity index is 1.54. The smallest absolute Gasteiger partial charge is 0.241 e. The standard InChI is InChI=1S/C26H14Cl2FNO5/c27-17-10-9-14(11-18(17)28)30-24(33)19-20(25(30)34)26(35-21(19)12-5-7-13(29)8-6-12)22(31)15-3-1-2-4-16(15)23(26)32/h1-11,19-21H/t19-,20+,21-/m0/s1. The molecule has 1 aliphatic carbocycles. The summed E-state index contributed by atoms with van der Waals surface area (Å²) in [6.45, 7) is 0. The number of carbonyl (C=O) groups excluding carboxylic acids is 4. The third-order valence-electron chi connectivity index (χ3n) is 6.88. The summed E-state index contributed by atoms with van der Waals surface area (Å²) in [6, 6.07) is 15.7. The number of carbonyl (C=O) groups is 4. The van der Waals surface area contributed by atoms with Crippen LogP contribution in [0.2, 0.25) is 10.0 Å². The van der Waals surface area contributed by atoms with Crippen LogP contribution in [-0.4, -0.2) is 29.0 Å². The van der Waals surface area contributed by atoms with E-state index < -0.39 is 52.7 Å². The summed E-state index contributed by atoms with van der Waals surface area (Å²) in [7, 11) is 0. The maximum absolute atomic E-state index is 13.8. The van der Waals surface area contributed by atoms with Gasteiger partial charge in [-0.05, 0) is 35.9 Å². The molecule has 2 aliphatic heterocycles. The molecule has 2 heterocycles. The van der Waals surface area contributed by atoms with Crippen molar-refractivity contribution in [2.45, 2.75) is 11.7 Å². The summed E-state index contributed by atoms with van der Waals surface area (Å²) in [5.41, 5.74) is -1.42. The molecule has 0 N–H and O–H groups in total. The number of imide groups is 1. The van der Waals surface area contributed by atoms with Crippen LogP contribution >= 0.6 is 23.2 Å². The number of hydrogen-bond donors (Lipinski definition) is 0.